The number of halogens is 6. The predicted molar refractivity (Wildman–Crippen MR) is 90.7 cm³/mol. The minimum absolute atomic E-state index is 0.00516. The summed E-state index contributed by atoms with van der Waals surface area (Å²) in [6.45, 7) is 0. The summed E-state index contributed by atoms with van der Waals surface area (Å²) in [6.07, 6.45) is -4.54. The molecule has 2 aromatic carbocycles. The van der Waals surface area contributed by atoms with Crippen LogP contribution in [0.4, 0.5) is 17.6 Å². The number of aromatic nitrogens is 2. The molecule has 26 heavy (non-hydrogen) atoms. The molecule has 0 N–H and O–H groups in total. The molecular formula is C16H8Cl2F4N2OS. The lowest BCUT2D eigenvalue weighted by molar-refractivity contribution is -0.138. The van der Waals surface area contributed by atoms with Gasteiger partial charge in [0.1, 0.15) is 0 Å². The van der Waals surface area contributed by atoms with Crippen LogP contribution in [-0.4, -0.2) is 10.2 Å². The van der Waals surface area contributed by atoms with E-state index in [2.05, 4.69) is 10.2 Å². The van der Waals surface area contributed by atoms with Crippen molar-refractivity contribution in [2.24, 2.45) is 0 Å². The molecule has 3 rings (SSSR count). The van der Waals surface area contributed by atoms with Gasteiger partial charge < -0.3 is 4.42 Å². The Balaban J connectivity index is 1.83. The van der Waals surface area contributed by atoms with E-state index in [0.717, 1.165) is 17.8 Å². The van der Waals surface area contributed by atoms with Crippen LogP contribution in [0.25, 0.3) is 11.5 Å². The van der Waals surface area contributed by atoms with Crippen LogP contribution in [0.15, 0.2) is 46.0 Å². The van der Waals surface area contributed by atoms with E-state index in [-0.39, 0.29) is 38.0 Å². The fourth-order valence-corrected chi connectivity index (χ4v) is 3.46. The summed E-state index contributed by atoms with van der Waals surface area (Å²) in [6, 6.07) is 7.82. The molecule has 0 bridgehead atoms. The van der Waals surface area contributed by atoms with Crippen molar-refractivity contribution in [2.45, 2.75) is 17.2 Å². The van der Waals surface area contributed by atoms with Gasteiger partial charge in [-0.3, -0.25) is 0 Å². The Morgan fingerprint density at radius 2 is 1.69 bits per heavy atom. The summed E-state index contributed by atoms with van der Waals surface area (Å²) in [4.78, 5) is 0. The molecule has 0 aliphatic rings. The van der Waals surface area contributed by atoms with E-state index in [9.17, 15) is 17.6 Å². The Kier molecular flexibility index (Phi) is 5.45. The highest BCUT2D eigenvalue weighted by atomic mass is 35.5. The Morgan fingerprint density at radius 1 is 1.00 bits per heavy atom. The molecule has 0 aliphatic carbocycles. The van der Waals surface area contributed by atoms with Crippen LogP contribution in [0.3, 0.4) is 0 Å². The molecule has 0 saturated heterocycles. The molecule has 0 unspecified atom stereocenters. The van der Waals surface area contributed by atoms with Gasteiger partial charge in [-0.15, -0.1) is 10.2 Å². The molecular weight excluding hydrogens is 415 g/mol. The number of nitrogens with zero attached hydrogens (tertiary/aromatic N) is 2. The second-order valence-corrected chi connectivity index (χ2v) is 6.77. The summed E-state index contributed by atoms with van der Waals surface area (Å²) >= 11 is 12.5. The van der Waals surface area contributed by atoms with Crippen molar-refractivity contribution >= 4 is 35.0 Å². The summed E-state index contributed by atoms with van der Waals surface area (Å²) in [5.74, 6) is -0.990. The smallest absolute Gasteiger partial charge is 0.411 e. The van der Waals surface area contributed by atoms with Gasteiger partial charge in [-0.2, -0.15) is 13.2 Å². The molecule has 3 aromatic rings. The molecule has 1 aromatic heterocycles. The zero-order valence-corrected chi connectivity index (χ0v) is 15.0. The Labute approximate surface area is 159 Å². The topological polar surface area (TPSA) is 38.9 Å². The average Bonchev–Trinajstić information content (AvgIpc) is 3.04. The fraction of sp³-hybridized carbons (Fsp3) is 0.125. The van der Waals surface area contributed by atoms with Crippen molar-refractivity contribution in [3.8, 4) is 11.5 Å². The maximum Gasteiger partial charge on any atom is 0.416 e. The van der Waals surface area contributed by atoms with Gasteiger partial charge in [0.15, 0.2) is 5.82 Å². The molecule has 10 heteroatoms. The first-order chi connectivity index (χ1) is 12.3. The van der Waals surface area contributed by atoms with Crippen molar-refractivity contribution < 1.29 is 22.0 Å². The number of benzene rings is 2. The van der Waals surface area contributed by atoms with E-state index in [0.29, 0.717) is 0 Å². The number of alkyl halides is 3. The van der Waals surface area contributed by atoms with Gasteiger partial charge in [0.05, 0.1) is 16.1 Å². The molecule has 3 nitrogen and oxygen atoms in total. The third-order valence-electron chi connectivity index (χ3n) is 3.35. The van der Waals surface area contributed by atoms with Crippen LogP contribution in [-0.2, 0) is 11.9 Å². The van der Waals surface area contributed by atoms with E-state index in [1.807, 2.05) is 0 Å². The van der Waals surface area contributed by atoms with Crippen molar-refractivity contribution in [1.29, 1.82) is 0 Å². The largest absolute Gasteiger partial charge is 0.416 e. The maximum atomic E-state index is 14.0. The lowest BCUT2D eigenvalue weighted by Gasteiger charge is -2.13. The predicted octanol–water partition coefficient (Wildman–Crippen LogP) is 6.49. The molecule has 0 spiro atoms. The zero-order valence-electron chi connectivity index (χ0n) is 12.6. The zero-order chi connectivity index (χ0) is 18.9. The van der Waals surface area contributed by atoms with Crippen LogP contribution in [0.2, 0.25) is 10.0 Å². The number of hydrogen-bond acceptors (Lipinski definition) is 4. The van der Waals surface area contributed by atoms with Crippen molar-refractivity contribution in [1.82, 2.24) is 10.2 Å². The van der Waals surface area contributed by atoms with Crippen LogP contribution < -0.4 is 0 Å². The highest BCUT2D eigenvalue weighted by Crippen LogP contribution is 2.38. The number of rotatable bonds is 4. The second-order valence-electron chi connectivity index (χ2n) is 5.03. The Hall–Kier alpha value is -1.77. The first kappa shape index (κ1) is 19.0. The summed E-state index contributed by atoms with van der Waals surface area (Å²) in [5, 5.41) is 7.26. The second kappa shape index (κ2) is 7.46. The normalized spacial score (nSPS) is 11.8. The van der Waals surface area contributed by atoms with Crippen LogP contribution in [0, 0.1) is 5.82 Å². The molecule has 0 amide bonds. The van der Waals surface area contributed by atoms with Gasteiger partial charge in [0, 0.05) is 10.8 Å². The fourth-order valence-electron chi connectivity index (χ4n) is 2.15. The van der Waals surface area contributed by atoms with E-state index >= 15 is 0 Å². The molecule has 0 saturated carbocycles. The molecule has 0 atom stereocenters. The first-order valence-electron chi connectivity index (χ1n) is 7.02. The lowest BCUT2D eigenvalue weighted by atomic mass is 10.1. The minimum atomic E-state index is -4.54. The van der Waals surface area contributed by atoms with Crippen molar-refractivity contribution in [2.75, 3.05) is 0 Å². The lowest BCUT2D eigenvalue weighted by Crippen LogP contribution is -2.09. The molecule has 0 aliphatic heterocycles. The summed E-state index contributed by atoms with van der Waals surface area (Å²) < 4.78 is 58.6. The van der Waals surface area contributed by atoms with Gasteiger partial charge >= 0.3 is 6.18 Å². The summed E-state index contributed by atoms with van der Waals surface area (Å²) in [7, 11) is 0. The third kappa shape index (κ3) is 3.97. The van der Waals surface area contributed by atoms with Gasteiger partial charge in [0.2, 0.25) is 0 Å². The average molecular weight is 423 g/mol. The Morgan fingerprint density at radius 3 is 2.42 bits per heavy atom. The van der Waals surface area contributed by atoms with E-state index in [1.54, 1.807) is 0 Å². The first-order valence-corrected chi connectivity index (χ1v) is 8.77. The molecule has 1 heterocycles. The van der Waals surface area contributed by atoms with Gasteiger partial charge in [-0.05, 0) is 29.8 Å². The van der Waals surface area contributed by atoms with E-state index < -0.39 is 17.6 Å². The molecule has 0 radical (unpaired) electrons. The van der Waals surface area contributed by atoms with E-state index in [4.69, 9.17) is 27.6 Å². The quantitative estimate of drug-likeness (QED) is 0.355. The van der Waals surface area contributed by atoms with Crippen LogP contribution >= 0.6 is 35.0 Å². The maximum absolute atomic E-state index is 14.0. The van der Waals surface area contributed by atoms with Gasteiger partial charge in [0.25, 0.3) is 11.1 Å². The Bertz CT molecular complexity index is 946. The minimum Gasteiger partial charge on any atom is -0.411 e. The summed E-state index contributed by atoms with van der Waals surface area (Å²) in [5.41, 5.74) is -0.927. The standard InChI is InChI=1S/C16H8Cl2F4N2OS/c17-11-5-2-4-10(16(20,21)22)9(11)7-26-15-24-23-14(25-15)8-3-1-6-12(18)13(8)19/h1-6H,7H2. The van der Waals surface area contributed by atoms with Crippen LogP contribution in [0.5, 0.6) is 0 Å². The highest BCUT2D eigenvalue weighted by molar-refractivity contribution is 7.98. The highest BCUT2D eigenvalue weighted by Gasteiger charge is 2.34. The molecule has 0 fully saturated rings. The van der Waals surface area contributed by atoms with Gasteiger partial charge in [-0.25, -0.2) is 4.39 Å². The SMILES string of the molecule is Fc1c(Cl)cccc1-c1nnc(SCc2c(Cl)cccc2C(F)(F)F)o1. The van der Waals surface area contributed by atoms with Crippen LogP contribution in [0.1, 0.15) is 11.1 Å². The number of thioether (sulfide) groups is 1. The third-order valence-corrected chi connectivity index (χ3v) is 4.84. The van der Waals surface area contributed by atoms with Crippen molar-refractivity contribution in [3.05, 3.63) is 63.4 Å². The number of hydrogen-bond donors (Lipinski definition) is 0. The van der Waals surface area contributed by atoms with Gasteiger partial charge in [-0.1, -0.05) is 47.1 Å². The molecule has 136 valence electrons. The van der Waals surface area contributed by atoms with E-state index in [1.165, 1.54) is 30.3 Å². The van der Waals surface area contributed by atoms with Crippen molar-refractivity contribution in [3.63, 3.8) is 0 Å². The monoisotopic (exact) mass is 422 g/mol.